The zero-order chi connectivity index (χ0) is 13.8. The standard InChI is InChI=1S/C16H23NOS2/c1-19-15-4-2-3-13(11-15)17-14-5-8-18-16(12-14)6-9-20-10-7-16/h2-4,11,14,17H,5-10,12H2,1H3. The van der Waals surface area contributed by atoms with E-state index in [0.29, 0.717) is 6.04 Å². The molecule has 0 saturated carbocycles. The average Bonchev–Trinajstić information content (AvgIpc) is 2.48. The van der Waals surface area contributed by atoms with Crippen molar-refractivity contribution in [3.05, 3.63) is 24.3 Å². The summed E-state index contributed by atoms with van der Waals surface area (Å²) in [4.78, 5) is 1.32. The van der Waals surface area contributed by atoms with Crippen molar-refractivity contribution in [3.63, 3.8) is 0 Å². The Bertz CT molecular complexity index is 440. The summed E-state index contributed by atoms with van der Waals surface area (Å²) >= 11 is 3.87. The van der Waals surface area contributed by atoms with Crippen molar-refractivity contribution < 1.29 is 4.74 Å². The van der Waals surface area contributed by atoms with Gasteiger partial charge >= 0.3 is 0 Å². The molecule has 4 heteroatoms. The molecule has 0 aliphatic carbocycles. The molecule has 1 atom stereocenters. The molecule has 2 aliphatic rings. The van der Waals surface area contributed by atoms with Gasteiger partial charge in [-0.15, -0.1) is 11.8 Å². The average molecular weight is 310 g/mol. The Kier molecular flexibility index (Phi) is 4.84. The Labute approximate surface area is 130 Å². The van der Waals surface area contributed by atoms with Crippen molar-refractivity contribution in [2.24, 2.45) is 0 Å². The van der Waals surface area contributed by atoms with E-state index in [1.165, 1.54) is 34.9 Å². The number of benzene rings is 1. The van der Waals surface area contributed by atoms with E-state index >= 15 is 0 Å². The molecule has 20 heavy (non-hydrogen) atoms. The fourth-order valence-corrected chi connectivity index (χ4v) is 4.89. The molecule has 1 N–H and O–H groups in total. The van der Waals surface area contributed by atoms with Gasteiger partial charge in [0, 0.05) is 23.2 Å². The first-order valence-electron chi connectivity index (χ1n) is 7.42. The molecule has 110 valence electrons. The Hall–Kier alpha value is -0.320. The first kappa shape index (κ1) is 14.6. The highest BCUT2D eigenvalue weighted by molar-refractivity contribution is 7.99. The molecule has 0 amide bonds. The van der Waals surface area contributed by atoms with Crippen LogP contribution in [0.5, 0.6) is 0 Å². The van der Waals surface area contributed by atoms with Crippen LogP contribution in [-0.2, 0) is 4.74 Å². The molecule has 2 saturated heterocycles. The second-order valence-corrected chi connectivity index (χ2v) is 7.81. The lowest BCUT2D eigenvalue weighted by atomic mass is 9.85. The van der Waals surface area contributed by atoms with Crippen LogP contribution < -0.4 is 5.32 Å². The second-order valence-electron chi connectivity index (χ2n) is 5.71. The summed E-state index contributed by atoms with van der Waals surface area (Å²) < 4.78 is 6.16. The Morgan fingerprint density at radius 2 is 2.20 bits per heavy atom. The van der Waals surface area contributed by atoms with E-state index in [4.69, 9.17) is 4.74 Å². The van der Waals surface area contributed by atoms with Crippen LogP contribution in [0.3, 0.4) is 0 Å². The third kappa shape index (κ3) is 3.46. The zero-order valence-corrected chi connectivity index (χ0v) is 13.7. The molecule has 3 rings (SSSR count). The van der Waals surface area contributed by atoms with Gasteiger partial charge in [-0.1, -0.05) is 6.07 Å². The summed E-state index contributed by atoms with van der Waals surface area (Å²) in [5.41, 5.74) is 1.42. The third-order valence-electron chi connectivity index (χ3n) is 4.34. The highest BCUT2D eigenvalue weighted by atomic mass is 32.2. The summed E-state index contributed by atoms with van der Waals surface area (Å²) in [6.45, 7) is 0.907. The normalized spacial score (nSPS) is 25.6. The molecule has 2 fully saturated rings. The monoisotopic (exact) mass is 309 g/mol. The van der Waals surface area contributed by atoms with Gasteiger partial charge in [0.2, 0.25) is 0 Å². The van der Waals surface area contributed by atoms with E-state index in [2.05, 4.69) is 47.6 Å². The smallest absolute Gasteiger partial charge is 0.0717 e. The minimum Gasteiger partial charge on any atom is -0.382 e. The fourth-order valence-electron chi connectivity index (χ4n) is 3.19. The van der Waals surface area contributed by atoms with E-state index in [9.17, 15) is 0 Å². The molecule has 2 aliphatic heterocycles. The van der Waals surface area contributed by atoms with Crippen molar-refractivity contribution in [1.29, 1.82) is 0 Å². The van der Waals surface area contributed by atoms with Gasteiger partial charge in [0.05, 0.1) is 5.60 Å². The Morgan fingerprint density at radius 1 is 1.35 bits per heavy atom. The molecule has 1 unspecified atom stereocenters. The van der Waals surface area contributed by atoms with Crippen LogP contribution >= 0.6 is 23.5 Å². The molecule has 1 aromatic rings. The highest BCUT2D eigenvalue weighted by Crippen LogP contribution is 2.38. The summed E-state index contributed by atoms with van der Waals surface area (Å²) in [6.07, 6.45) is 6.86. The number of hydrogen-bond acceptors (Lipinski definition) is 4. The van der Waals surface area contributed by atoms with Crippen LogP contribution in [0.25, 0.3) is 0 Å². The number of thioether (sulfide) groups is 2. The van der Waals surface area contributed by atoms with Crippen molar-refractivity contribution >= 4 is 29.2 Å². The van der Waals surface area contributed by atoms with E-state index in [-0.39, 0.29) is 5.60 Å². The van der Waals surface area contributed by atoms with Crippen molar-refractivity contribution in [2.75, 3.05) is 29.7 Å². The van der Waals surface area contributed by atoms with E-state index in [1.54, 1.807) is 11.8 Å². The first-order chi connectivity index (χ1) is 9.80. The Balaban J connectivity index is 1.64. The van der Waals surface area contributed by atoms with Gasteiger partial charge in [0.25, 0.3) is 0 Å². The van der Waals surface area contributed by atoms with Crippen LogP contribution in [-0.4, -0.2) is 36.0 Å². The van der Waals surface area contributed by atoms with Gasteiger partial charge in [-0.3, -0.25) is 0 Å². The van der Waals surface area contributed by atoms with Crippen LogP contribution in [0, 0.1) is 0 Å². The van der Waals surface area contributed by atoms with Crippen molar-refractivity contribution in [3.8, 4) is 0 Å². The third-order valence-corrected chi connectivity index (χ3v) is 6.05. The minimum absolute atomic E-state index is 0.165. The molecule has 2 nitrogen and oxygen atoms in total. The second kappa shape index (κ2) is 6.63. The van der Waals surface area contributed by atoms with E-state index in [1.807, 2.05) is 0 Å². The lowest BCUT2D eigenvalue weighted by molar-refractivity contribution is -0.0865. The Morgan fingerprint density at radius 3 is 3.00 bits per heavy atom. The SMILES string of the molecule is CSc1cccc(NC2CCOC3(CCSCC3)C2)c1. The van der Waals surface area contributed by atoms with Gasteiger partial charge < -0.3 is 10.1 Å². The molecule has 0 aromatic heterocycles. The largest absolute Gasteiger partial charge is 0.382 e. The number of rotatable bonds is 3. The maximum atomic E-state index is 6.16. The van der Waals surface area contributed by atoms with Crippen LogP contribution in [0.2, 0.25) is 0 Å². The van der Waals surface area contributed by atoms with Gasteiger partial charge in [-0.2, -0.15) is 11.8 Å². The van der Waals surface area contributed by atoms with Gasteiger partial charge in [-0.25, -0.2) is 0 Å². The molecular weight excluding hydrogens is 286 g/mol. The molecular formula is C16H23NOS2. The zero-order valence-electron chi connectivity index (χ0n) is 12.1. The summed E-state index contributed by atoms with van der Waals surface area (Å²) in [6, 6.07) is 9.30. The summed E-state index contributed by atoms with van der Waals surface area (Å²) in [5.74, 6) is 2.52. The highest BCUT2D eigenvalue weighted by Gasteiger charge is 2.38. The maximum Gasteiger partial charge on any atom is 0.0717 e. The molecule has 0 radical (unpaired) electrons. The van der Waals surface area contributed by atoms with Gasteiger partial charge in [0.1, 0.15) is 0 Å². The van der Waals surface area contributed by atoms with E-state index < -0.39 is 0 Å². The number of hydrogen-bond donors (Lipinski definition) is 1. The lowest BCUT2D eigenvalue weighted by Crippen LogP contribution is -2.46. The van der Waals surface area contributed by atoms with Crippen molar-refractivity contribution in [1.82, 2.24) is 0 Å². The predicted molar refractivity (Wildman–Crippen MR) is 90.1 cm³/mol. The molecule has 1 spiro atoms. The number of nitrogens with one attached hydrogen (secondary N) is 1. The molecule has 2 heterocycles. The van der Waals surface area contributed by atoms with Crippen molar-refractivity contribution in [2.45, 2.75) is 42.2 Å². The van der Waals surface area contributed by atoms with Gasteiger partial charge in [-0.05, 0) is 61.6 Å². The first-order valence-corrected chi connectivity index (χ1v) is 9.80. The molecule has 1 aromatic carbocycles. The predicted octanol–water partition coefficient (Wildman–Crippen LogP) is 4.27. The maximum absolute atomic E-state index is 6.16. The van der Waals surface area contributed by atoms with Gasteiger partial charge in [0.15, 0.2) is 0 Å². The quantitative estimate of drug-likeness (QED) is 0.842. The number of ether oxygens (including phenoxy) is 1. The minimum atomic E-state index is 0.165. The summed E-state index contributed by atoms with van der Waals surface area (Å²) in [5, 5.41) is 3.73. The van der Waals surface area contributed by atoms with Crippen LogP contribution in [0.4, 0.5) is 5.69 Å². The van der Waals surface area contributed by atoms with Crippen LogP contribution in [0.1, 0.15) is 25.7 Å². The van der Waals surface area contributed by atoms with Crippen LogP contribution in [0.15, 0.2) is 29.2 Å². The molecule has 0 bridgehead atoms. The fraction of sp³-hybridized carbons (Fsp3) is 0.625. The topological polar surface area (TPSA) is 21.3 Å². The van der Waals surface area contributed by atoms with E-state index in [0.717, 1.165) is 19.4 Å². The summed E-state index contributed by atoms with van der Waals surface area (Å²) in [7, 11) is 0. The number of anilines is 1. The lowest BCUT2D eigenvalue weighted by Gasteiger charge is -2.43.